The van der Waals surface area contributed by atoms with Gasteiger partial charge in [0.15, 0.2) is 0 Å². The first-order valence-electron chi connectivity index (χ1n) is 2.70. The fourth-order valence-electron chi connectivity index (χ4n) is 0.437. The van der Waals surface area contributed by atoms with E-state index in [-0.39, 0.29) is 0 Å². The summed E-state index contributed by atoms with van der Waals surface area (Å²) < 4.78 is 0. The van der Waals surface area contributed by atoms with Gasteiger partial charge in [-0.25, -0.2) is 0 Å². The van der Waals surface area contributed by atoms with Crippen LogP contribution in [0.4, 0.5) is 0 Å². The Kier molecular flexibility index (Phi) is 5.59. The largest absolute Gasteiger partial charge is 0.379 e. The Bertz CT molecular complexity index is 49.7. The molecular formula is C5H13NOS. The SMILES string of the molecule is CSCCC[C@H](N)O. The van der Waals surface area contributed by atoms with Crippen molar-refractivity contribution in [3.63, 3.8) is 0 Å². The van der Waals surface area contributed by atoms with Gasteiger partial charge in [-0.1, -0.05) is 0 Å². The summed E-state index contributed by atoms with van der Waals surface area (Å²) in [7, 11) is 0. The maximum Gasteiger partial charge on any atom is 0.102 e. The van der Waals surface area contributed by atoms with Crippen LogP contribution in [0.1, 0.15) is 12.8 Å². The molecular weight excluding hydrogens is 122 g/mol. The van der Waals surface area contributed by atoms with E-state index in [2.05, 4.69) is 0 Å². The number of hydrogen-bond donors (Lipinski definition) is 2. The summed E-state index contributed by atoms with van der Waals surface area (Å²) in [5, 5.41) is 8.55. The van der Waals surface area contributed by atoms with Gasteiger partial charge in [0, 0.05) is 0 Å². The summed E-state index contributed by atoms with van der Waals surface area (Å²) in [6, 6.07) is 0. The molecule has 0 aromatic rings. The topological polar surface area (TPSA) is 46.2 Å². The molecule has 1 atom stereocenters. The Morgan fingerprint density at radius 1 is 1.75 bits per heavy atom. The van der Waals surface area contributed by atoms with Crippen LogP contribution in [-0.4, -0.2) is 23.3 Å². The lowest BCUT2D eigenvalue weighted by Crippen LogP contribution is -2.18. The minimum absolute atomic E-state index is 0.609. The van der Waals surface area contributed by atoms with E-state index in [9.17, 15) is 0 Å². The van der Waals surface area contributed by atoms with Crippen LogP contribution in [0.3, 0.4) is 0 Å². The first-order chi connectivity index (χ1) is 3.77. The van der Waals surface area contributed by atoms with Crippen molar-refractivity contribution in [3.05, 3.63) is 0 Å². The van der Waals surface area contributed by atoms with Gasteiger partial charge in [0.2, 0.25) is 0 Å². The van der Waals surface area contributed by atoms with Gasteiger partial charge >= 0.3 is 0 Å². The third-order valence-electron chi connectivity index (χ3n) is 0.848. The number of thioether (sulfide) groups is 1. The Hall–Kier alpha value is 0.270. The molecule has 0 aromatic carbocycles. The van der Waals surface area contributed by atoms with Crippen LogP contribution in [0.15, 0.2) is 0 Å². The van der Waals surface area contributed by atoms with Crippen molar-refractivity contribution in [2.45, 2.75) is 19.1 Å². The molecule has 3 heteroatoms. The van der Waals surface area contributed by atoms with E-state index in [1.54, 1.807) is 11.8 Å². The Balaban J connectivity index is 2.72. The molecule has 0 aliphatic carbocycles. The van der Waals surface area contributed by atoms with E-state index >= 15 is 0 Å². The predicted molar refractivity (Wildman–Crippen MR) is 37.8 cm³/mol. The van der Waals surface area contributed by atoms with Gasteiger partial charge in [-0.05, 0) is 24.9 Å². The second-order valence-corrected chi connectivity index (χ2v) is 2.69. The van der Waals surface area contributed by atoms with Crippen LogP contribution < -0.4 is 5.73 Å². The molecule has 0 rings (SSSR count). The zero-order valence-corrected chi connectivity index (χ0v) is 5.95. The quantitative estimate of drug-likeness (QED) is 0.433. The average Bonchev–Trinajstić information content (AvgIpc) is 1.66. The van der Waals surface area contributed by atoms with Crippen LogP contribution >= 0.6 is 11.8 Å². The smallest absolute Gasteiger partial charge is 0.102 e. The van der Waals surface area contributed by atoms with E-state index in [1.165, 1.54) is 0 Å². The van der Waals surface area contributed by atoms with Crippen LogP contribution in [0.25, 0.3) is 0 Å². The molecule has 50 valence electrons. The molecule has 0 bridgehead atoms. The van der Waals surface area contributed by atoms with Crippen LogP contribution in [0.5, 0.6) is 0 Å². The van der Waals surface area contributed by atoms with E-state index in [4.69, 9.17) is 10.8 Å². The van der Waals surface area contributed by atoms with Crippen molar-refractivity contribution in [1.82, 2.24) is 0 Å². The van der Waals surface area contributed by atoms with E-state index in [1.807, 2.05) is 6.26 Å². The van der Waals surface area contributed by atoms with Crippen molar-refractivity contribution in [1.29, 1.82) is 0 Å². The monoisotopic (exact) mass is 135 g/mol. The molecule has 0 fully saturated rings. The van der Waals surface area contributed by atoms with Crippen molar-refractivity contribution in [2.75, 3.05) is 12.0 Å². The minimum atomic E-state index is -0.609. The van der Waals surface area contributed by atoms with Crippen molar-refractivity contribution in [3.8, 4) is 0 Å². The van der Waals surface area contributed by atoms with Gasteiger partial charge in [-0.2, -0.15) is 11.8 Å². The number of nitrogens with two attached hydrogens (primary N) is 1. The summed E-state index contributed by atoms with van der Waals surface area (Å²) in [4.78, 5) is 0. The highest BCUT2D eigenvalue weighted by atomic mass is 32.2. The molecule has 0 saturated carbocycles. The number of aliphatic hydroxyl groups is 1. The summed E-state index contributed by atoms with van der Waals surface area (Å²) >= 11 is 1.78. The third kappa shape index (κ3) is 6.27. The second-order valence-electron chi connectivity index (χ2n) is 1.70. The molecule has 0 saturated heterocycles. The maximum absolute atomic E-state index is 8.55. The second kappa shape index (κ2) is 5.41. The van der Waals surface area contributed by atoms with Gasteiger partial charge in [-0.3, -0.25) is 0 Å². The van der Waals surface area contributed by atoms with Crippen LogP contribution in [0.2, 0.25) is 0 Å². The highest BCUT2D eigenvalue weighted by molar-refractivity contribution is 7.98. The predicted octanol–water partition coefficient (Wildman–Crippen LogP) is 0.407. The first-order valence-corrected chi connectivity index (χ1v) is 4.09. The molecule has 8 heavy (non-hydrogen) atoms. The van der Waals surface area contributed by atoms with Gasteiger partial charge in [0.1, 0.15) is 6.23 Å². The fraction of sp³-hybridized carbons (Fsp3) is 1.00. The lowest BCUT2D eigenvalue weighted by Gasteiger charge is -2.00. The normalized spacial score (nSPS) is 13.9. The first kappa shape index (κ1) is 8.27. The zero-order chi connectivity index (χ0) is 6.41. The molecule has 2 nitrogen and oxygen atoms in total. The molecule has 0 amide bonds. The third-order valence-corrected chi connectivity index (χ3v) is 1.55. The zero-order valence-electron chi connectivity index (χ0n) is 5.13. The van der Waals surface area contributed by atoms with Gasteiger partial charge in [0.25, 0.3) is 0 Å². The van der Waals surface area contributed by atoms with Crippen LogP contribution in [-0.2, 0) is 0 Å². The molecule has 0 aromatic heterocycles. The Labute approximate surface area is 54.5 Å². The molecule has 3 N–H and O–H groups in total. The lowest BCUT2D eigenvalue weighted by molar-refractivity contribution is 0.171. The summed E-state index contributed by atoms with van der Waals surface area (Å²) in [5.74, 6) is 1.09. The summed E-state index contributed by atoms with van der Waals surface area (Å²) in [6.45, 7) is 0. The number of aliphatic hydroxyl groups excluding tert-OH is 1. The van der Waals surface area contributed by atoms with Crippen LogP contribution in [0, 0.1) is 0 Å². The minimum Gasteiger partial charge on any atom is -0.379 e. The Morgan fingerprint density at radius 3 is 2.75 bits per heavy atom. The molecule has 0 spiro atoms. The van der Waals surface area contributed by atoms with Gasteiger partial charge in [0.05, 0.1) is 0 Å². The highest BCUT2D eigenvalue weighted by Crippen LogP contribution is 1.99. The molecule has 0 aliphatic heterocycles. The fourth-order valence-corrected chi connectivity index (χ4v) is 0.892. The number of rotatable bonds is 4. The van der Waals surface area contributed by atoms with E-state index < -0.39 is 6.23 Å². The van der Waals surface area contributed by atoms with E-state index in [0.717, 1.165) is 18.6 Å². The summed E-state index contributed by atoms with van der Waals surface area (Å²) in [5.41, 5.74) is 5.08. The lowest BCUT2D eigenvalue weighted by atomic mass is 10.3. The maximum atomic E-state index is 8.55. The highest BCUT2D eigenvalue weighted by Gasteiger charge is 1.92. The van der Waals surface area contributed by atoms with E-state index in [0.29, 0.717) is 0 Å². The molecule has 0 heterocycles. The average molecular weight is 135 g/mol. The van der Waals surface area contributed by atoms with Gasteiger partial charge in [-0.15, -0.1) is 0 Å². The Morgan fingerprint density at radius 2 is 2.38 bits per heavy atom. The standard InChI is InChI=1S/C5H13NOS/c1-8-4-2-3-5(6)7/h5,7H,2-4,6H2,1H3/t5-/m1/s1. The van der Waals surface area contributed by atoms with Crippen molar-refractivity contribution < 1.29 is 5.11 Å². The van der Waals surface area contributed by atoms with Crippen molar-refractivity contribution in [2.24, 2.45) is 5.73 Å². The molecule has 0 unspecified atom stereocenters. The number of hydrogen-bond acceptors (Lipinski definition) is 3. The van der Waals surface area contributed by atoms with Gasteiger partial charge < -0.3 is 10.8 Å². The molecule has 0 aliphatic rings. The summed E-state index contributed by atoms with van der Waals surface area (Å²) in [6.07, 6.45) is 3.17. The van der Waals surface area contributed by atoms with Crippen molar-refractivity contribution >= 4 is 11.8 Å². The molecule has 0 radical (unpaired) electrons.